The molecule has 2 aliphatic rings. The van der Waals surface area contributed by atoms with Crippen LogP contribution in [0.15, 0.2) is 35.1 Å². The molecule has 44 heavy (non-hydrogen) atoms. The number of unbranched alkanes of at least 4 members (excludes halogenated alkanes) is 1. The zero-order valence-electron chi connectivity index (χ0n) is 24.8. The van der Waals surface area contributed by atoms with Gasteiger partial charge in [0.05, 0.1) is 41.7 Å². The fourth-order valence-electron chi connectivity index (χ4n) is 5.70. The Morgan fingerprint density at radius 3 is 2.66 bits per heavy atom. The number of aromatic nitrogens is 2. The lowest BCUT2D eigenvalue weighted by molar-refractivity contribution is -0.174. The second-order valence-electron chi connectivity index (χ2n) is 10.8. The predicted octanol–water partition coefficient (Wildman–Crippen LogP) is 1.68. The van der Waals surface area contributed by atoms with Crippen molar-refractivity contribution in [3.8, 4) is 11.4 Å². The van der Waals surface area contributed by atoms with Crippen LogP contribution < -0.4 is 16.6 Å². The van der Waals surface area contributed by atoms with Gasteiger partial charge >= 0.3 is 18.0 Å². The summed E-state index contributed by atoms with van der Waals surface area (Å²) in [5.41, 5.74) is 9.16. The van der Waals surface area contributed by atoms with Crippen LogP contribution in [0.2, 0.25) is 0 Å². The van der Waals surface area contributed by atoms with Crippen LogP contribution in [0.5, 0.6) is 0 Å². The molecule has 232 valence electrons. The third-order valence-electron chi connectivity index (χ3n) is 8.02. The van der Waals surface area contributed by atoms with Crippen molar-refractivity contribution in [3.05, 3.63) is 62.9 Å². The van der Waals surface area contributed by atoms with E-state index in [9.17, 15) is 29.1 Å². The number of urea groups is 1. The number of aliphatic hydroxyl groups excluding tert-OH is 1. The molecule has 4 N–H and O–H groups in total. The number of aliphatic hydroxyl groups is 1. The van der Waals surface area contributed by atoms with Crippen molar-refractivity contribution in [3.63, 3.8) is 0 Å². The highest BCUT2D eigenvalue weighted by Gasteiger charge is 2.40. The number of carbonyl (C=O) groups excluding carboxylic acids is 4. The highest BCUT2D eigenvalue weighted by molar-refractivity contribution is 5.97. The van der Waals surface area contributed by atoms with Crippen LogP contribution in [-0.4, -0.2) is 68.7 Å². The van der Waals surface area contributed by atoms with Gasteiger partial charge in [-0.1, -0.05) is 38.5 Å². The van der Waals surface area contributed by atoms with Crippen LogP contribution >= 0.6 is 0 Å². The summed E-state index contributed by atoms with van der Waals surface area (Å²) < 4.78 is 12.3. The van der Waals surface area contributed by atoms with E-state index in [1.54, 1.807) is 10.6 Å². The topological polar surface area (TPSA) is 183 Å². The molecule has 4 heterocycles. The van der Waals surface area contributed by atoms with Gasteiger partial charge in [0.2, 0.25) is 12.0 Å². The Bertz CT molecular complexity index is 1720. The minimum Gasteiger partial charge on any atom is -0.458 e. The number of nitrogens with zero attached hydrogens (tertiary/aromatic N) is 3. The Kier molecular flexibility index (Phi) is 8.79. The molecule has 0 bridgehead atoms. The van der Waals surface area contributed by atoms with Gasteiger partial charge in [-0.15, -0.1) is 0 Å². The number of para-hydroxylation sites is 1. The number of esters is 2. The number of benzene rings is 1. The molecule has 13 heteroatoms. The van der Waals surface area contributed by atoms with Crippen molar-refractivity contribution in [2.75, 3.05) is 13.1 Å². The lowest BCUT2D eigenvalue weighted by Gasteiger charge is -2.28. The summed E-state index contributed by atoms with van der Waals surface area (Å²) in [6.07, 6.45) is -1.20. The normalized spacial score (nSPS) is 16.3. The van der Waals surface area contributed by atoms with E-state index in [0.717, 1.165) is 33.4 Å². The summed E-state index contributed by atoms with van der Waals surface area (Å²) in [7, 11) is 0. The molecule has 13 nitrogen and oxygen atoms in total. The number of fused-ring (bicyclic) bond motifs is 5. The molecular weight excluding hydrogens is 570 g/mol. The lowest BCUT2D eigenvalue weighted by atomic mass is 9.97. The van der Waals surface area contributed by atoms with Gasteiger partial charge in [0.25, 0.3) is 5.56 Å². The van der Waals surface area contributed by atoms with E-state index in [1.807, 2.05) is 38.1 Å². The van der Waals surface area contributed by atoms with E-state index in [1.165, 1.54) is 6.92 Å². The van der Waals surface area contributed by atoms with Crippen LogP contribution in [0.25, 0.3) is 22.3 Å². The summed E-state index contributed by atoms with van der Waals surface area (Å²) in [5, 5.41) is 13.7. The average molecular weight is 606 g/mol. The lowest BCUT2D eigenvalue weighted by Crippen LogP contribution is -2.55. The first kappa shape index (κ1) is 30.8. The smallest absolute Gasteiger partial charge is 0.352 e. The van der Waals surface area contributed by atoms with Crippen molar-refractivity contribution in [1.29, 1.82) is 0 Å². The summed E-state index contributed by atoms with van der Waals surface area (Å²) in [6, 6.07) is 6.73. The van der Waals surface area contributed by atoms with Crippen molar-refractivity contribution >= 4 is 34.8 Å². The van der Waals surface area contributed by atoms with Crippen LogP contribution in [0.4, 0.5) is 4.79 Å². The largest absolute Gasteiger partial charge is 0.458 e. The molecule has 3 amide bonds. The number of hydrogen-bond donors (Lipinski definition) is 3. The van der Waals surface area contributed by atoms with Crippen molar-refractivity contribution in [2.45, 2.75) is 71.4 Å². The molecule has 2 aliphatic heterocycles. The SMILES string of the molecule is CCCCN(C(=O)CN)C(=O)N[C@H](C(=O)O[C@@H]1C(=O)OCc2c1cc1n(c2=O)Cc2c-1nc1ccccc1c2CC)C(C)O. The number of hydrogen-bond acceptors (Lipinski definition) is 10. The Morgan fingerprint density at radius 2 is 1.98 bits per heavy atom. The quantitative estimate of drug-likeness (QED) is 0.237. The van der Waals surface area contributed by atoms with Gasteiger partial charge in [0.1, 0.15) is 6.61 Å². The molecule has 0 fully saturated rings. The highest BCUT2D eigenvalue weighted by Crippen LogP contribution is 2.38. The fraction of sp³-hybridized carbons (Fsp3) is 0.419. The zero-order chi connectivity index (χ0) is 31.7. The fourth-order valence-corrected chi connectivity index (χ4v) is 5.70. The van der Waals surface area contributed by atoms with Crippen molar-refractivity contribution < 1.29 is 33.8 Å². The number of imide groups is 1. The minimum atomic E-state index is -1.65. The van der Waals surface area contributed by atoms with Crippen LogP contribution in [-0.2, 0) is 43.4 Å². The second kappa shape index (κ2) is 12.5. The standard InChI is InChI=1S/C31H35N5O8/c1-4-6-11-35(24(38)13-32)31(42)34-25(16(3)37)29(40)44-27-19-12-23-26-20(14-36(23)28(39)21(19)15-43-30(27)41)17(5-2)18-9-7-8-10-22(18)33-26/h7-10,12,16,25,27,37H,4-6,11,13-15,32H2,1-3H3,(H,34,42)/t16?,25-,27-/m0/s1. The number of cyclic esters (lactones) is 1. The van der Waals surface area contributed by atoms with Crippen LogP contribution in [0.3, 0.4) is 0 Å². The molecule has 5 rings (SSSR count). The van der Waals surface area contributed by atoms with E-state index in [2.05, 4.69) is 5.32 Å². The maximum absolute atomic E-state index is 13.7. The minimum absolute atomic E-state index is 0.0574. The number of amides is 3. The molecule has 3 aromatic rings. The number of aryl methyl sites for hydroxylation is 1. The number of pyridine rings is 2. The maximum atomic E-state index is 13.7. The molecule has 1 aromatic carbocycles. The monoisotopic (exact) mass is 605 g/mol. The van der Waals surface area contributed by atoms with E-state index in [-0.39, 0.29) is 24.3 Å². The van der Waals surface area contributed by atoms with Gasteiger partial charge in [-0.05, 0) is 37.5 Å². The molecular formula is C31H35N5O8. The number of carbonyl (C=O) groups is 4. The number of rotatable bonds is 9. The van der Waals surface area contributed by atoms with Crippen molar-refractivity contribution in [1.82, 2.24) is 19.8 Å². The van der Waals surface area contributed by atoms with E-state index < -0.39 is 54.2 Å². The van der Waals surface area contributed by atoms with E-state index >= 15 is 0 Å². The molecule has 0 radical (unpaired) electrons. The average Bonchev–Trinajstić information content (AvgIpc) is 3.38. The molecule has 1 unspecified atom stereocenters. The Labute approximate surface area is 252 Å². The van der Waals surface area contributed by atoms with Crippen LogP contribution in [0.1, 0.15) is 62.0 Å². The first-order chi connectivity index (χ1) is 21.1. The Morgan fingerprint density at radius 1 is 1.23 bits per heavy atom. The van der Waals surface area contributed by atoms with Crippen LogP contribution in [0, 0.1) is 0 Å². The zero-order valence-corrected chi connectivity index (χ0v) is 24.8. The predicted molar refractivity (Wildman–Crippen MR) is 158 cm³/mol. The molecule has 0 aliphatic carbocycles. The Hall–Kier alpha value is -4.62. The van der Waals surface area contributed by atoms with E-state index in [0.29, 0.717) is 30.8 Å². The first-order valence-corrected chi connectivity index (χ1v) is 14.6. The molecule has 0 spiro atoms. The number of nitrogens with two attached hydrogens (primary N) is 1. The summed E-state index contributed by atoms with van der Waals surface area (Å²) in [5.74, 6) is -2.73. The number of nitrogens with one attached hydrogen (secondary N) is 1. The van der Waals surface area contributed by atoms with Gasteiger partial charge in [0.15, 0.2) is 6.04 Å². The third-order valence-corrected chi connectivity index (χ3v) is 8.02. The highest BCUT2D eigenvalue weighted by atomic mass is 16.6. The van der Waals surface area contributed by atoms with Gasteiger partial charge in [-0.25, -0.2) is 19.4 Å². The molecule has 3 atom stereocenters. The first-order valence-electron chi connectivity index (χ1n) is 14.6. The Balaban J connectivity index is 1.48. The third kappa shape index (κ3) is 5.44. The molecule has 0 saturated heterocycles. The molecule has 2 aromatic heterocycles. The van der Waals surface area contributed by atoms with E-state index in [4.69, 9.17) is 20.2 Å². The summed E-state index contributed by atoms with van der Waals surface area (Å²) >= 11 is 0. The van der Waals surface area contributed by atoms with Gasteiger partial charge < -0.3 is 30.2 Å². The second-order valence-corrected chi connectivity index (χ2v) is 10.8. The van der Waals surface area contributed by atoms with Crippen molar-refractivity contribution in [2.24, 2.45) is 5.73 Å². The molecule has 0 saturated carbocycles. The maximum Gasteiger partial charge on any atom is 0.352 e. The van der Waals surface area contributed by atoms with Gasteiger partial charge in [0, 0.05) is 23.1 Å². The summed E-state index contributed by atoms with van der Waals surface area (Å²) in [6.45, 7) is 4.77. The van der Waals surface area contributed by atoms with Gasteiger partial charge in [-0.2, -0.15) is 0 Å². The summed E-state index contributed by atoms with van der Waals surface area (Å²) in [4.78, 5) is 70.9. The number of ether oxygens (including phenoxy) is 2. The van der Waals surface area contributed by atoms with Gasteiger partial charge in [-0.3, -0.25) is 14.5 Å².